The zero-order valence-corrected chi connectivity index (χ0v) is 19.7. The quantitative estimate of drug-likeness (QED) is 0.332. The Bertz CT molecular complexity index is 1200. The Labute approximate surface area is 200 Å². The fraction of sp³-hybridized carbons (Fsp3) is 0.333. The number of hydrogen-bond donors (Lipinski definition) is 3. The third-order valence-electron chi connectivity index (χ3n) is 6.08. The molecule has 1 aliphatic heterocycles. The van der Waals surface area contributed by atoms with Crippen LogP contribution in [0, 0.1) is 11.3 Å². The van der Waals surface area contributed by atoms with Crippen molar-refractivity contribution in [2.24, 2.45) is 9.98 Å². The number of anilines is 1. The highest BCUT2D eigenvalue weighted by Gasteiger charge is 2.27. The maximum atomic E-state index is 13.1. The van der Waals surface area contributed by atoms with Gasteiger partial charge in [0.25, 0.3) is 5.91 Å². The lowest BCUT2D eigenvalue weighted by atomic mass is 9.86. The minimum Gasteiger partial charge on any atom is -0.349 e. The molecular weight excluding hydrogens is 424 g/mol. The van der Waals surface area contributed by atoms with E-state index in [4.69, 9.17) is 4.99 Å². The predicted molar refractivity (Wildman–Crippen MR) is 136 cm³/mol. The molecular formula is C27H30N6O. The molecule has 4 rings (SSSR count). The van der Waals surface area contributed by atoms with Gasteiger partial charge in [0.05, 0.1) is 17.2 Å². The zero-order valence-electron chi connectivity index (χ0n) is 19.7. The molecule has 2 aromatic rings. The minimum atomic E-state index is -0.647. The number of nitrogens with zero attached hydrogens (tertiary/aromatic N) is 3. The van der Waals surface area contributed by atoms with Gasteiger partial charge in [0.15, 0.2) is 0 Å². The Kier molecular flexibility index (Phi) is 6.90. The summed E-state index contributed by atoms with van der Waals surface area (Å²) < 4.78 is 0. The van der Waals surface area contributed by atoms with E-state index >= 15 is 0 Å². The van der Waals surface area contributed by atoms with Crippen molar-refractivity contribution < 1.29 is 4.79 Å². The summed E-state index contributed by atoms with van der Waals surface area (Å²) in [4.78, 5) is 21.8. The van der Waals surface area contributed by atoms with E-state index in [0.29, 0.717) is 11.4 Å². The maximum Gasteiger partial charge on any atom is 0.256 e. The number of hydrogen-bond acceptors (Lipinski definition) is 5. The van der Waals surface area contributed by atoms with E-state index in [9.17, 15) is 10.1 Å². The fourth-order valence-corrected chi connectivity index (χ4v) is 3.81. The molecule has 1 saturated carbocycles. The Morgan fingerprint density at radius 3 is 2.79 bits per heavy atom. The number of nitriles is 1. The van der Waals surface area contributed by atoms with Crippen molar-refractivity contribution in [1.29, 1.82) is 5.26 Å². The molecule has 0 aromatic heterocycles. The standard InChI is InChI=1S/C27H30N6O/c1-27(2,17-28)20-5-4-6-22(14-20)31-25(24(16-29-3)26(34)33-21-9-10-21)32-23-8-7-19-15-30-12-11-18(19)13-23/h4-8,13-14,16,21,30H,3,9-12,15H2,1-2H3,(H,31,32)(H,33,34)/b24-16+. The molecule has 0 atom stereocenters. The molecule has 1 heterocycles. The third-order valence-corrected chi connectivity index (χ3v) is 6.08. The highest BCUT2D eigenvalue weighted by molar-refractivity contribution is 6.25. The van der Waals surface area contributed by atoms with E-state index in [1.807, 2.05) is 44.2 Å². The summed E-state index contributed by atoms with van der Waals surface area (Å²) in [6.45, 7) is 9.09. The van der Waals surface area contributed by atoms with E-state index in [2.05, 4.69) is 45.9 Å². The van der Waals surface area contributed by atoms with Crippen molar-refractivity contribution in [2.45, 2.75) is 51.1 Å². The van der Waals surface area contributed by atoms with Crippen LogP contribution in [0.2, 0.25) is 0 Å². The highest BCUT2D eigenvalue weighted by Crippen LogP contribution is 2.27. The van der Waals surface area contributed by atoms with Crippen LogP contribution >= 0.6 is 0 Å². The summed E-state index contributed by atoms with van der Waals surface area (Å²) in [5.41, 5.74) is 4.54. The molecule has 0 radical (unpaired) electrons. The number of carbonyl (C=O) groups excluding carboxylic acids is 1. The topological polar surface area (TPSA) is 102 Å². The van der Waals surface area contributed by atoms with Gasteiger partial charge in [-0.3, -0.25) is 9.79 Å². The number of rotatable bonds is 7. The summed E-state index contributed by atoms with van der Waals surface area (Å²) in [6, 6.07) is 16.3. The van der Waals surface area contributed by atoms with Gasteiger partial charge in [0, 0.05) is 24.5 Å². The lowest BCUT2D eigenvalue weighted by molar-refractivity contribution is -0.117. The first-order chi connectivity index (χ1) is 16.4. The molecule has 0 saturated heterocycles. The number of amidine groups is 1. The molecule has 2 aliphatic rings. The average Bonchev–Trinajstić information content (AvgIpc) is 3.66. The average molecular weight is 455 g/mol. The number of benzene rings is 2. The minimum absolute atomic E-state index is 0.193. The SMILES string of the molecule is C=N/C=C(/C(=O)NC1CC1)C(=Nc1ccc2c(c1)CCNC2)Nc1cccc(C(C)(C)C#N)c1. The molecule has 2 aromatic carbocycles. The predicted octanol–water partition coefficient (Wildman–Crippen LogP) is 4.14. The monoisotopic (exact) mass is 454 g/mol. The van der Waals surface area contributed by atoms with Crippen LogP contribution in [0.15, 0.2) is 64.2 Å². The Hall–Kier alpha value is -3.76. The molecule has 7 nitrogen and oxygen atoms in total. The maximum absolute atomic E-state index is 13.1. The Morgan fingerprint density at radius 2 is 2.06 bits per heavy atom. The normalized spacial score (nSPS) is 16.3. The van der Waals surface area contributed by atoms with E-state index < -0.39 is 5.41 Å². The number of amides is 1. The van der Waals surface area contributed by atoms with Crippen LogP contribution in [-0.2, 0) is 23.2 Å². The first kappa shape index (κ1) is 23.4. The third kappa shape index (κ3) is 5.59. The first-order valence-electron chi connectivity index (χ1n) is 11.6. The smallest absolute Gasteiger partial charge is 0.256 e. The number of carbonyl (C=O) groups is 1. The number of fused-ring (bicyclic) bond motifs is 1. The number of nitrogens with one attached hydrogen (secondary N) is 3. The van der Waals surface area contributed by atoms with Gasteiger partial charge in [-0.25, -0.2) is 4.99 Å². The van der Waals surface area contributed by atoms with Crippen LogP contribution in [0.25, 0.3) is 0 Å². The fourth-order valence-electron chi connectivity index (χ4n) is 3.81. The molecule has 34 heavy (non-hydrogen) atoms. The van der Waals surface area contributed by atoms with Crippen molar-refractivity contribution in [3.8, 4) is 6.07 Å². The number of aliphatic imine (C=N–C) groups is 2. The van der Waals surface area contributed by atoms with Crippen LogP contribution in [-0.4, -0.2) is 31.0 Å². The molecule has 0 unspecified atom stereocenters. The molecule has 174 valence electrons. The molecule has 1 aliphatic carbocycles. The molecule has 7 heteroatoms. The van der Waals surface area contributed by atoms with Crippen LogP contribution < -0.4 is 16.0 Å². The second kappa shape index (κ2) is 10.0. The van der Waals surface area contributed by atoms with Crippen molar-refractivity contribution in [1.82, 2.24) is 10.6 Å². The van der Waals surface area contributed by atoms with Crippen molar-refractivity contribution >= 4 is 29.8 Å². The second-order valence-corrected chi connectivity index (χ2v) is 9.26. The summed E-state index contributed by atoms with van der Waals surface area (Å²) in [7, 11) is 0. The highest BCUT2D eigenvalue weighted by atomic mass is 16.1. The van der Waals surface area contributed by atoms with Crippen molar-refractivity contribution in [3.05, 3.63) is 70.9 Å². The van der Waals surface area contributed by atoms with Gasteiger partial charge in [-0.2, -0.15) is 5.26 Å². The molecule has 0 spiro atoms. The van der Waals surface area contributed by atoms with E-state index in [0.717, 1.165) is 49.3 Å². The van der Waals surface area contributed by atoms with Crippen LogP contribution in [0.3, 0.4) is 0 Å². The lowest BCUT2D eigenvalue weighted by Crippen LogP contribution is -2.32. The summed E-state index contributed by atoms with van der Waals surface area (Å²) in [5, 5.41) is 19.3. The van der Waals surface area contributed by atoms with E-state index in [-0.39, 0.29) is 11.9 Å². The Morgan fingerprint density at radius 1 is 1.24 bits per heavy atom. The van der Waals surface area contributed by atoms with Gasteiger partial charge < -0.3 is 16.0 Å². The van der Waals surface area contributed by atoms with Crippen LogP contribution in [0.5, 0.6) is 0 Å². The van der Waals surface area contributed by atoms with Crippen LogP contribution in [0.1, 0.15) is 43.4 Å². The van der Waals surface area contributed by atoms with Gasteiger partial charge in [-0.1, -0.05) is 18.2 Å². The molecule has 3 N–H and O–H groups in total. The van der Waals surface area contributed by atoms with Gasteiger partial charge in [-0.05, 0) is 87.3 Å². The van der Waals surface area contributed by atoms with Crippen LogP contribution in [0.4, 0.5) is 11.4 Å². The van der Waals surface area contributed by atoms with Crippen molar-refractivity contribution in [2.75, 3.05) is 11.9 Å². The largest absolute Gasteiger partial charge is 0.349 e. The molecule has 1 fully saturated rings. The van der Waals surface area contributed by atoms with Gasteiger partial charge in [0.2, 0.25) is 0 Å². The summed E-state index contributed by atoms with van der Waals surface area (Å²) >= 11 is 0. The van der Waals surface area contributed by atoms with Gasteiger partial charge >= 0.3 is 0 Å². The van der Waals surface area contributed by atoms with Gasteiger partial charge in [0.1, 0.15) is 11.4 Å². The first-order valence-corrected chi connectivity index (χ1v) is 11.6. The van der Waals surface area contributed by atoms with Gasteiger partial charge in [-0.15, -0.1) is 0 Å². The lowest BCUT2D eigenvalue weighted by Gasteiger charge is -2.19. The zero-order chi connectivity index (χ0) is 24.1. The second-order valence-electron chi connectivity index (χ2n) is 9.26. The van der Waals surface area contributed by atoms with Crippen molar-refractivity contribution in [3.63, 3.8) is 0 Å². The molecule has 0 bridgehead atoms. The molecule has 1 amide bonds. The van der Waals surface area contributed by atoms with E-state index in [1.165, 1.54) is 17.3 Å². The summed E-state index contributed by atoms with van der Waals surface area (Å²) in [5.74, 6) is 0.142. The Balaban J connectivity index is 1.73. The van der Waals surface area contributed by atoms with E-state index in [1.54, 1.807) is 0 Å². The summed E-state index contributed by atoms with van der Waals surface area (Å²) in [6.07, 6.45) is 4.33.